The molecule has 1 fully saturated rings. The molecule has 2 amide bonds. The van der Waals surface area contributed by atoms with Crippen LogP contribution in [0.2, 0.25) is 0 Å². The zero-order valence-electron chi connectivity index (χ0n) is 15.7. The lowest BCUT2D eigenvalue weighted by Crippen LogP contribution is -2.53. The molecule has 2 N–H and O–H groups in total. The lowest BCUT2D eigenvalue weighted by molar-refractivity contribution is -0.122. The Morgan fingerprint density at radius 1 is 1.11 bits per heavy atom. The van der Waals surface area contributed by atoms with E-state index in [0.717, 1.165) is 0 Å². The largest absolute Gasteiger partial charge is 0.360 e. The molecule has 2 aromatic rings. The third-order valence-electron chi connectivity index (χ3n) is 4.47. The maximum absolute atomic E-state index is 12.4. The molecule has 10 heteroatoms. The standard InChI is InChI=1S/C17H24N6O4/c1-11-8-16(27-20-11)19-17(25)13(3)23-6-4-22(5-7-23)10-15(24)18-14-9-12(2)26-21-14/h8-9,13H,4-7,10H2,1-3H3,(H,19,25)(H,18,21,24). The van der Waals surface area contributed by atoms with E-state index in [1.807, 2.05) is 11.8 Å². The first-order valence-corrected chi connectivity index (χ1v) is 8.84. The van der Waals surface area contributed by atoms with E-state index in [0.29, 0.717) is 49.3 Å². The van der Waals surface area contributed by atoms with Crippen molar-refractivity contribution in [3.05, 3.63) is 23.6 Å². The van der Waals surface area contributed by atoms with Crippen molar-refractivity contribution in [2.45, 2.75) is 26.8 Å². The lowest BCUT2D eigenvalue weighted by Gasteiger charge is -2.36. The fourth-order valence-corrected chi connectivity index (χ4v) is 2.93. The quantitative estimate of drug-likeness (QED) is 0.762. The Labute approximate surface area is 156 Å². The normalized spacial score (nSPS) is 16.9. The summed E-state index contributed by atoms with van der Waals surface area (Å²) in [5.41, 5.74) is 0.714. The summed E-state index contributed by atoms with van der Waals surface area (Å²) in [6, 6.07) is 3.05. The second kappa shape index (κ2) is 8.31. The number of hydrogen-bond donors (Lipinski definition) is 2. The monoisotopic (exact) mass is 376 g/mol. The van der Waals surface area contributed by atoms with Crippen molar-refractivity contribution in [2.75, 3.05) is 43.4 Å². The number of carbonyl (C=O) groups is 2. The number of carbonyl (C=O) groups excluding carboxylic acids is 2. The van der Waals surface area contributed by atoms with Gasteiger partial charge in [0, 0.05) is 38.3 Å². The molecule has 3 rings (SSSR count). The highest BCUT2D eigenvalue weighted by Gasteiger charge is 2.27. The highest BCUT2D eigenvalue weighted by atomic mass is 16.5. The average Bonchev–Trinajstić information content (AvgIpc) is 3.22. The number of rotatable bonds is 6. The fraction of sp³-hybridized carbons (Fsp3) is 0.529. The zero-order valence-corrected chi connectivity index (χ0v) is 15.7. The number of aryl methyl sites for hydroxylation is 2. The Morgan fingerprint density at radius 2 is 1.85 bits per heavy atom. The van der Waals surface area contributed by atoms with Gasteiger partial charge < -0.3 is 14.4 Å². The molecule has 146 valence electrons. The van der Waals surface area contributed by atoms with Crippen molar-refractivity contribution in [3.8, 4) is 0 Å². The number of aromatic nitrogens is 2. The van der Waals surface area contributed by atoms with Gasteiger partial charge in [-0.2, -0.15) is 0 Å². The number of amides is 2. The van der Waals surface area contributed by atoms with Crippen LogP contribution in [0.5, 0.6) is 0 Å². The van der Waals surface area contributed by atoms with Gasteiger partial charge in [0.15, 0.2) is 5.82 Å². The van der Waals surface area contributed by atoms with Crippen LogP contribution in [0.25, 0.3) is 0 Å². The average molecular weight is 376 g/mol. The Kier molecular flexibility index (Phi) is 5.87. The molecule has 10 nitrogen and oxygen atoms in total. The van der Waals surface area contributed by atoms with Gasteiger partial charge in [0.05, 0.1) is 18.3 Å². The van der Waals surface area contributed by atoms with Gasteiger partial charge in [-0.05, 0) is 20.8 Å². The first kappa shape index (κ1) is 19.1. The Balaban J connectivity index is 1.42. The SMILES string of the molecule is Cc1cc(NC(=O)C(C)N2CCN(CC(=O)Nc3cc(C)on3)CC2)on1. The van der Waals surface area contributed by atoms with Crippen LogP contribution in [0.15, 0.2) is 21.2 Å². The molecule has 0 spiro atoms. The fourth-order valence-electron chi connectivity index (χ4n) is 2.93. The Hall–Kier alpha value is -2.72. The van der Waals surface area contributed by atoms with Crippen molar-refractivity contribution >= 4 is 23.5 Å². The number of piperazine rings is 1. The van der Waals surface area contributed by atoms with Crippen LogP contribution in [-0.4, -0.2) is 70.7 Å². The minimum atomic E-state index is -0.301. The molecule has 0 saturated carbocycles. The smallest absolute Gasteiger partial charge is 0.243 e. The molecule has 3 heterocycles. The van der Waals surface area contributed by atoms with E-state index in [9.17, 15) is 9.59 Å². The molecule has 0 aromatic carbocycles. The van der Waals surface area contributed by atoms with Gasteiger partial charge in [-0.1, -0.05) is 10.3 Å². The van der Waals surface area contributed by atoms with Crippen LogP contribution in [0.1, 0.15) is 18.4 Å². The molecule has 0 radical (unpaired) electrons. The van der Waals surface area contributed by atoms with Crippen molar-refractivity contribution in [2.24, 2.45) is 0 Å². The summed E-state index contributed by atoms with van der Waals surface area (Å²) in [7, 11) is 0. The zero-order chi connectivity index (χ0) is 19.4. The summed E-state index contributed by atoms with van der Waals surface area (Å²) in [5, 5.41) is 12.9. The van der Waals surface area contributed by atoms with E-state index in [1.165, 1.54) is 0 Å². The molecule has 2 aromatic heterocycles. The van der Waals surface area contributed by atoms with Gasteiger partial charge in [0.1, 0.15) is 5.76 Å². The van der Waals surface area contributed by atoms with Crippen LogP contribution < -0.4 is 10.6 Å². The maximum atomic E-state index is 12.4. The summed E-state index contributed by atoms with van der Waals surface area (Å²) in [6.07, 6.45) is 0. The maximum Gasteiger partial charge on any atom is 0.243 e. The topological polar surface area (TPSA) is 117 Å². The number of hydrogen-bond acceptors (Lipinski definition) is 8. The Morgan fingerprint density at radius 3 is 2.44 bits per heavy atom. The van der Waals surface area contributed by atoms with Crippen molar-refractivity contribution in [1.29, 1.82) is 0 Å². The van der Waals surface area contributed by atoms with E-state index in [-0.39, 0.29) is 24.4 Å². The molecular weight excluding hydrogens is 352 g/mol. The molecule has 1 aliphatic heterocycles. The Bertz CT molecular complexity index is 793. The summed E-state index contributed by atoms with van der Waals surface area (Å²) >= 11 is 0. The van der Waals surface area contributed by atoms with Gasteiger partial charge in [-0.15, -0.1) is 0 Å². The second-order valence-corrected chi connectivity index (χ2v) is 6.68. The van der Waals surface area contributed by atoms with Crippen molar-refractivity contribution in [3.63, 3.8) is 0 Å². The number of anilines is 2. The van der Waals surface area contributed by atoms with Crippen molar-refractivity contribution in [1.82, 2.24) is 20.1 Å². The summed E-state index contributed by atoms with van der Waals surface area (Å²) in [6.45, 7) is 8.48. The molecule has 27 heavy (non-hydrogen) atoms. The first-order chi connectivity index (χ1) is 12.9. The van der Waals surface area contributed by atoms with Gasteiger partial charge in [0.2, 0.25) is 17.7 Å². The molecule has 1 atom stereocenters. The second-order valence-electron chi connectivity index (χ2n) is 6.68. The summed E-state index contributed by atoms with van der Waals surface area (Å²) < 4.78 is 9.95. The molecule has 0 aliphatic carbocycles. The molecule has 1 unspecified atom stereocenters. The van der Waals surface area contributed by atoms with E-state index in [2.05, 4.69) is 25.8 Å². The highest BCUT2D eigenvalue weighted by molar-refractivity contribution is 5.93. The molecule has 0 bridgehead atoms. The van der Waals surface area contributed by atoms with Gasteiger partial charge >= 0.3 is 0 Å². The first-order valence-electron chi connectivity index (χ1n) is 8.84. The highest BCUT2D eigenvalue weighted by Crippen LogP contribution is 2.12. The number of nitrogens with zero attached hydrogens (tertiary/aromatic N) is 4. The minimum Gasteiger partial charge on any atom is -0.360 e. The van der Waals surface area contributed by atoms with Gasteiger partial charge in [-0.3, -0.25) is 24.7 Å². The van der Waals surface area contributed by atoms with Crippen LogP contribution in [0, 0.1) is 13.8 Å². The van der Waals surface area contributed by atoms with Crippen LogP contribution in [0.4, 0.5) is 11.7 Å². The van der Waals surface area contributed by atoms with Crippen LogP contribution in [0.3, 0.4) is 0 Å². The predicted octanol–water partition coefficient (Wildman–Crippen LogP) is 0.863. The van der Waals surface area contributed by atoms with Crippen LogP contribution in [-0.2, 0) is 9.59 Å². The van der Waals surface area contributed by atoms with E-state index in [1.54, 1.807) is 26.0 Å². The van der Waals surface area contributed by atoms with Gasteiger partial charge in [-0.25, -0.2) is 0 Å². The molecule has 1 aliphatic rings. The van der Waals surface area contributed by atoms with Crippen LogP contribution >= 0.6 is 0 Å². The number of nitrogens with one attached hydrogen (secondary N) is 2. The van der Waals surface area contributed by atoms with E-state index >= 15 is 0 Å². The predicted molar refractivity (Wildman–Crippen MR) is 97.2 cm³/mol. The lowest BCUT2D eigenvalue weighted by atomic mass is 10.2. The molecule has 1 saturated heterocycles. The van der Waals surface area contributed by atoms with E-state index in [4.69, 9.17) is 9.05 Å². The third kappa shape index (κ3) is 5.14. The van der Waals surface area contributed by atoms with E-state index < -0.39 is 0 Å². The minimum absolute atomic E-state index is 0.136. The van der Waals surface area contributed by atoms with Gasteiger partial charge in [0.25, 0.3) is 0 Å². The molecular formula is C17H24N6O4. The van der Waals surface area contributed by atoms with Crippen molar-refractivity contribution < 1.29 is 18.6 Å². The summed E-state index contributed by atoms with van der Waals surface area (Å²) in [4.78, 5) is 28.6. The summed E-state index contributed by atoms with van der Waals surface area (Å²) in [5.74, 6) is 1.14. The third-order valence-corrected chi connectivity index (χ3v) is 4.47.